The molecule has 0 aliphatic carbocycles. The highest BCUT2D eigenvalue weighted by atomic mass is 32.1. The summed E-state index contributed by atoms with van der Waals surface area (Å²) in [6.07, 6.45) is 5.71. The Morgan fingerprint density at radius 1 is 1.00 bits per heavy atom. The highest BCUT2D eigenvalue weighted by molar-refractivity contribution is 7.22. The van der Waals surface area contributed by atoms with Gasteiger partial charge in [-0.2, -0.15) is 0 Å². The zero-order valence-corrected chi connectivity index (χ0v) is 21.0. The van der Waals surface area contributed by atoms with E-state index >= 15 is 0 Å². The minimum atomic E-state index is -0.250. The molecule has 0 aliphatic rings. The number of fused-ring (bicyclic) bond motifs is 1. The van der Waals surface area contributed by atoms with Crippen LogP contribution in [0.4, 0.5) is 15.6 Å². The summed E-state index contributed by atoms with van der Waals surface area (Å²) in [6.45, 7) is 10.2. The first-order chi connectivity index (χ1) is 15.8. The number of carbonyl (C=O) groups is 2. The lowest BCUT2D eigenvalue weighted by atomic mass is 10.0. The Kier molecular flexibility index (Phi) is 8.44. The minimum Gasteiger partial charge on any atom is -0.335 e. The molecule has 3 N–H and O–H groups in total. The van der Waals surface area contributed by atoms with E-state index in [1.54, 1.807) is 6.07 Å². The van der Waals surface area contributed by atoms with Crippen molar-refractivity contribution < 1.29 is 9.59 Å². The number of aromatic nitrogens is 1. The molecule has 1 unspecified atom stereocenters. The third-order valence-electron chi connectivity index (χ3n) is 5.65. The normalized spacial score (nSPS) is 11.9. The smallest absolute Gasteiger partial charge is 0.321 e. The molecule has 0 spiro atoms. The van der Waals surface area contributed by atoms with Gasteiger partial charge in [0.1, 0.15) is 0 Å². The number of nitrogens with zero attached hydrogens (tertiary/aromatic N) is 1. The second-order valence-electron chi connectivity index (χ2n) is 8.78. The van der Waals surface area contributed by atoms with Crippen molar-refractivity contribution in [3.05, 3.63) is 52.6 Å². The van der Waals surface area contributed by atoms with Crippen molar-refractivity contribution in [3.8, 4) is 0 Å². The van der Waals surface area contributed by atoms with Crippen LogP contribution in [0.5, 0.6) is 0 Å². The first-order valence-electron chi connectivity index (χ1n) is 11.6. The Morgan fingerprint density at radius 3 is 2.42 bits per heavy atom. The van der Waals surface area contributed by atoms with Crippen molar-refractivity contribution in [1.29, 1.82) is 0 Å². The lowest BCUT2D eigenvalue weighted by molar-refractivity contribution is 0.102. The number of carbonyl (C=O) groups excluding carboxylic acids is 2. The molecule has 1 aromatic heterocycles. The van der Waals surface area contributed by atoms with Crippen LogP contribution < -0.4 is 16.0 Å². The summed E-state index contributed by atoms with van der Waals surface area (Å²) in [6, 6.07) is 9.38. The van der Waals surface area contributed by atoms with Crippen molar-refractivity contribution in [2.24, 2.45) is 0 Å². The van der Waals surface area contributed by atoms with Gasteiger partial charge in [0, 0.05) is 17.3 Å². The van der Waals surface area contributed by atoms with Crippen LogP contribution in [0.2, 0.25) is 0 Å². The number of nitrogens with one attached hydrogen (secondary N) is 3. The number of hydrogen-bond donors (Lipinski definition) is 3. The van der Waals surface area contributed by atoms with Gasteiger partial charge in [-0.25, -0.2) is 9.78 Å². The van der Waals surface area contributed by atoms with Gasteiger partial charge in [0.05, 0.1) is 10.2 Å². The maximum absolute atomic E-state index is 12.9. The van der Waals surface area contributed by atoms with Crippen LogP contribution in [0.15, 0.2) is 30.3 Å². The third-order valence-corrected chi connectivity index (χ3v) is 6.59. The molecule has 0 saturated heterocycles. The monoisotopic (exact) mass is 466 g/mol. The molecule has 176 valence electrons. The number of unbranched alkanes of at least 4 members (excludes halogenated alkanes) is 3. The standard InChI is InChI=1S/C26H34N4O2S/c1-6-7-8-9-10-19(5)27-25(32)30-26-28-21-12-11-20(15-22(21)33-26)24(31)29-23-17(3)13-16(2)14-18(23)4/h11-15,19H,6-10H2,1-5H3,(H,29,31)(H2,27,28,30,32). The Hall–Kier alpha value is -2.93. The molecule has 3 amide bonds. The lowest BCUT2D eigenvalue weighted by Crippen LogP contribution is -2.36. The van der Waals surface area contributed by atoms with E-state index in [4.69, 9.17) is 0 Å². The average Bonchev–Trinajstić information content (AvgIpc) is 3.14. The van der Waals surface area contributed by atoms with Crippen LogP contribution in [0, 0.1) is 20.8 Å². The Labute approximate surface area is 200 Å². The number of hydrogen-bond acceptors (Lipinski definition) is 4. The van der Waals surface area contributed by atoms with Crippen LogP contribution in [0.1, 0.15) is 73.0 Å². The van der Waals surface area contributed by atoms with E-state index in [9.17, 15) is 9.59 Å². The van der Waals surface area contributed by atoms with E-state index in [0.717, 1.165) is 39.9 Å². The van der Waals surface area contributed by atoms with Gasteiger partial charge in [-0.1, -0.05) is 61.6 Å². The summed E-state index contributed by atoms with van der Waals surface area (Å²) in [4.78, 5) is 29.7. The molecule has 0 saturated carbocycles. The van der Waals surface area contributed by atoms with Crippen LogP contribution in [0.3, 0.4) is 0 Å². The Bertz CT molecular complexity index is 1120. The van der Waals surface area contributed by atoms with E-state index in [1.165, 1.54) is 36.2 Å². The van der Waals surface area contributed by atoms with Crippen molar-refractivity contribution in [1.82, 2.24) is 10.3 Å². The molecule has 1 atom stereocenters. The van der Waals surface area contributed by atoms with E-state index in [2.05, 4.69) is 40.0 Å². The number of thiazole rings is 1. The van der Waals surface area contributed by atoms with E-state index in [-0.39, 0.29) is 18.0 Å². The largest absolute Gasteiger partial charge is 0.335 e. The zero-order valence-electron chi connectivity index (χ0n) is 20.2. The Morgan fingerprint density at radius 2 is 1.73 bits per heavy atom. The second-order valence-corrected chi connectivity index (χ2v) is 9.81. The Balaban J connectivity index is 1.63. The van der Waals surface area contributed by atoms with Crippen LogP contribution in [0.25, 0.3) is 10.2 Å². The third kappa shape index (κ3) is 6.78. The minimum absolute atomic E-state index is 0.111. The molecule has 0 bridgehead atoms. The molecule has 6 nitrogen and oxygen atoms in total. The first-order valence-corrected chi connectivity index (χ1v) is 12.5. The summed E-state index contributed by atoms with van der Waals surface area (Å²) in [5.74, 6) is -0.162. The van der Waals surface area contributed by atoms with Gasteiger partial charge in [-0.15, -0.1) is 0 Å². The highest BCUT2D eigenvalue weighted by Gasteiger charge is 2.14. The molecule has 3 aromatic rings. The predicted octanol–water partition coefficient (Wildman–Crippen LogP) is 6.95. The summed E-state index contributed by atoms with van der Waals surface area (Å²) in [5.41, 5.74) is 5.40. The van der Waals surface area contributed by atoms with Gasteiger partial charge in [-0.05, 0) is 63.4 Å². The fourth-order valence-corrected chi connectivity index (χ4v) is 4.89. The van der Waals surface area contributed by atoms with Gasteiger partial charge < -0.3 is 10.6 Å². The fourth-order valence-electron chi connectivity index (χ4n) is 3.99. The number of aryl methyl sites for hydroxylation is 3. The van der Waals surface area contributed by atoms with Crippen molar-refractivity contribution >= 4 is 44.3 Å². The molecule has 33 heavy (non-hydrogen) atoms. The quantitative estimate of drug-likeness (QED) is 0.298. The summed E-state index contributed by atoms with van der Waals surface area (Å²) < 4.78 is 0.850. The second kappa shape index (κ2) is 11.3. The van der Waals surface area contributed by atoms with Crippen LogP contribution >= 0.6 is 11.3 Å². The number of anilines is 2. The molecular weight excluding hydrogens is 432 g/mol. The van der Waals surface area contributed by atoms with Gasteiger partial charge in [-0.3, -0.25) is 10.1 Å². The molecule has 3 rings (SSSR count). The van der Waals surface area contributed by atoms with E-state index in [1.807, 2.05) is 39.8 Å². The number of benzene rings is 2. The van der Waals surface area contributed by atoms with Crippen LogP contribution in [-0.4, -0.2) is 23.0 Å². The van der Waals surface area contributed by atoms with Crippen molar-refractivity contribution in [3.63, 3.8) is 0 Å². The zero-order chi connectivity index (χ0) is 24.0. The summed E-state index contributed by atoms with van der Waals surface area (Å²) in [5, 5.41) is 9.36. The SMILES string of the molecule is CCCCCCC(C)NC(=O)Nc1nc2ccc(C(=O)Nc3c(C)cc(C)cc3C)cc2s1. The topological polar surface area (TPSA) is 83.1 Å². The number of urea groups is 1. The molecular formula is C26H34N4O2S. The summed E-state index contributed by atoms with van der Waals surface area (Å²) in [7, 11) is 0. The maximum atomic E-state index is 12.9. The molecule has 0 aliphatic heterocycles. The fraction of sp³-hybridized carbons (Fsp3) is 0.423. The molecule has 7 heteroatoms. The van der Waals surface area contributed by atoms with E-state index < -0.39 is 0 Å². The van der Waals surface area contributed by atoms with E-state index in [0.29, 0.717) is 10.7 Å². The van der Waals surface area contributed by atoms with Crippen LogP contribution in [-0.2, 0) is 0 Å². The molecule has 1 heterocycles. The van der Waals surface area contributed by atoms with Gasteiger partial charge >= 0.3 is 6.03 Å². The van der Waals surface area contributed by atoms with Gasteiger partial charge in [0.15, 0.2) is 5.13 Å². The van der Waals surface area contributed by atoms with Crippen molar-refractivity contribution in [2.45, 2.75) is 72.8 Å². The first kappa shape index (κ1) is 24.7. The predicted molar refractivity (Wildman–Crippen MR) is 139 cm³/mol. The van der Waals surface area contributed by atoms with Gasteiger partial charge in [0.25, 0.3) is 5.91 Å². The number of amides is 3. The average molecular weight is 467 g/mol. The van der Waals surface area contributed by atoms with Crippen molar-refractivity contribution in [2.75, 3.05) is 10.6 Å². The maximum Gasteiger partial charge on any atom is 0.321 e. The summed E-state index contributed by atoms with van der Waals surface area (Å²) >= 11 is 1.36. The van der Waals surface area contributed by atoms with Gasteiger partial charge in [0.2, 0.25) is 0 Å². The highest BCUT2D eigenvalue weighted by Crippen LogP contribution is 2.28. The lowest BCUT2D eigenvalue weighted by Gasteiger charge is -2.13. The number of rotatable bonds is 9. The molecule has 2 aromatic carbocycles. The molecule has 0 radical (unpaired) electrons. The molecule has 0 fully saturated rings.